The molecule has 0 amide bonds. The summed E-state index contributed by atoms with van der Waals surface area (Å²) >= 11 is 7.14. The van der Waals surface area contributed by atoms with Gasteiger partial charge in [0.2, 0.25) is 0 Å². The number of hydrogen-bond acceptors (Lipinski definition) is 5. The molecule has 0 bridgehead atoms. The van der Waals surface area contributed by atoms with Crippen molar-refractivity contribution in [2.75, 3.05) is 0 Å². The number of hydrogen-bond donors (Lipinski definition) is 0. The summed E-state index contributed by atoms with van der Waals surface area (Å²) in [7, 11) is 0. The summed E-state index contributed by atoms with van der Waals surface area (Å²) in [5.74, 6) is 0.844. The van der Waals surface area contributed by atoms with Gasteiger partial charge < -0.3 is 0 Å². The fourth-order valence-corrected chi connectivity index (χ4v) is 4.35. The van der Waals surface area contributed by atoms with E-state index in [1.54, 1.807) is 6.20 Å². The number of fused-ring (bicyclic) bond motifs is 5. The van der Waals surface area contributed by atoms with Crippen molar-refractivity contribution in [3.63, 3.8) is 0 Å². The van der Waals surface area contributed by atoms with Gasteiger partial charge in [-0.05, 0) is 43.4 Å². The summed E-state index contributed by atoms with van der Waals surface area (Å²) in [6.45, 7) is 1.97. The minimum atomic E-state index is 0.760. The topological polar surface area (TPSA) is 48.0 Å². The first kappa shape index (κ1) is 13.8. The Bertz CT molecular complexity index is 1280. The van der Waals surface area contributed by atoms with Gasteiger partial charge in [0.05, 0.1) is 0 Å². The summed E-state index contributed by atoms with van der Waals surface area (Å²) in [6, 6.07) is 13.9. The first-order chi connectivity index (χ1) is 11.7. The van der Waals surface area contributed by atoms with E-state index in [2.05, 4.69) is 4.98 Å². The number of pyridine rings is 1. The van der Waals surface area contributed by atoms with Gasteiger partial charge in [-0.15, -0.1) is 0 Å². The molecule has 7 heteroatoms. The lowest BCUT2D eigenvalue weighted by Gasteiger charge is -2.05. The van der Waals surface area contributed by atoms with E-state index in [1.165, 1.54) is 11.3 Å². The molecule has 116 valence electrons. The second-order valence-corrected chi connectivity index (χ2v) is 7.11. The average molecular weight is 349 g/mol. The smallest absolute Gasteiger partial charge is 0.168 e. The Kier molecular flexibility index (Phi) is 2.83. The number of imidazole rings is 1. The van der Waals surface area contributed by atoms with Crippen molar-refractivity contribution >= 4 is 50.7 Å². The quantitative estimate of drug-likeness (QED) is 0.423. The summed E-state index contributed by atoms with van der Waals surface area (Å²) < 4.78 is 5.75. The Labute approximate surface area is 145 Å². The molecule has 0 atom stereocenters. The van der Waals surface area contributed by atoms with Crippen molar-refractivity contribution in [3.05, 3.63) is 58.4 Å². The van der Waals surface area contributed by atoms with Crippen LogP contribution in [0.4, 0.5) is 0 Å². The van der Waals surface area contributed by atoms with Gasteiger partial charge in [0.1, 0.15) is 16.0 Å². The molecule has 5 aromatic rings. The number of aromatic nitrogens is 5. The molecule has 0 N–H and O–H groups in total. The monoisotopic (exact) mass is 349 g/mol. The first-order valence-electron chi connectivity index (χ1n) is 7.45. The van der Waals surface area contributed by atoms with E-state index in [4.69, 9.17) is 22.2 Å². The highest BCUT2D eigenvalue weighted by molar-refractivity contribution is 7.73. The lowest BCUT2D eigenvalue weighted by molar-refractivity contribution is 0.990. The van der Waals surface area contributed by atoms with Gasteiger partial charge in [-0.2, -0.15) is 0 Å². The molecule has 4 heterocycles. The van der Waals surface area contributed by atoms with Gasteiger partial charge in [-0.1, -0.05) is 29.5 Å². The van der Waals surface area contributed by atoms with Crippen LogP contribution < -0.4 is 0 Å². The fourth-order valence-electron chi connectivity index (χ4n) is 2.99. The van der Waals surface area contributed by atoms with Gasteiger partial charge in [0.15, 0.2) is 20.9 Å². The Balaban J connectivity index is 2.00. The van der Waals surface area contributed by atoms with Crippen molar-refractivity contribution in [1.29, 1.82) is 0 Å². The molecule has 0 saturated carbocycles. The molecule has 4 aromatic heterocycles. The molecule has 5 rings (SSSR count). The summed E-state index contributed by atoms with van der Waals surface area (Å²) in [4.78, 5) is 14.0. The van der Waals surface area contributed by atoms with Crippen LogP contribution >= 0.6 is 23.6 Å². The Morgan fingerprint density at radius 3 is 2.62 bits per heavy atom. The van der Waals surface area contributed by atoms with Crippen LogP contribution in [0.15, 0.2) is 48.7 Å². The summed E-state index contributed by atoms with van der Waals surface area (Å²) in [5, 5.41) is 0. The fraction of sp³-hybridized carbons (Fsp3) is 0.0588. The second-order valence-electron chi connectivity index (χ2n) is 5.47. The van der Waals surface area contributed by atoms with Crippen LogP contribution in [0.3, 0.4) is 0 Å². The summed E-state index contributed by atoms with van der Waals surface area (Å²) in [5.41, 5.74) is 4.40. The normalized spacial score (nSPS) is 11.7. The minimum Gasteiger partial charge on any atom is -0.276 e. The number of rotatable bonds is 1. The second kappa shape index (κ2) is 4.93. The molecule has 5 nitrogen and oxygen atoms in total. The van der Waals surface area contributed by atoms with Gasteiger partial charge >= 0.3 is 0 Å². The molecule has 0 saturated heterocycles. The zero-order valence-corrected chi connectivity index (χ0v) is 14.3. The lowest BCUT2D eigenvalue weighted by atomic mass is 10.3. The standard InChI is InChI=1S/C17H11N5S2/c1-10-19-15-13(16-20-12-8-5-9-18-14(12)21(10)16)24-17(23)22(15)11-6-3-2-4-7-11/h2-9H,1H3. The van der Waals surface area contributed by atoms with Crippen molar-refractivity contribution < 1.29 is 0 Å². The molecule has 0 aliphatic carbocycles. The highest BCUT2D eigenvalue weighted by atomic mass is 32.1. The van der Waals surface area contributed by atoms with Crippen molar-refractivity contribution in [1.82, 2.24) is 23.9 Å². The van der Waals surface area contributed by atoms with Gasteiger partial charge in [-0.3, -0.25) is 8.97 Å². The van der Waals surface area contributed by atoms with E-state index in [-0.39, 0.29) is 0 Å². The molecular weight excluding hydrogens is 338 g/mol. The van der Waals surface area contributed by atoms with E-state index in [1.807, 2.05) is 58.4 Å². The SMILES string of the molecule is Cc1nc2c(sc(=S)n2-c2ccccc2)c2nc3cccnc3n12. The largest absolute Gasteiger partial charge is 0.276 e. The highest BCUT2D eigenvalue weighted by Crippen LogP contribution is 2.30. The van der Waals surface area contributed by atoms with Crippen LogP contribution in [0.2, 0.25) is 0 Å². The molecular formula is C17H11N5S2. The van der Waals surface area contributed by atoms with Gasteiger partial charge in [-0.25, -0.2) is 15.0 Å². The summed E-state index contributed by atoms with van der Waals surface area (Å²) in [6.07, 6.45) is 1.77. The van der Waals surface area contributed by atoms with Crippen molar-refractivity contribution in [2.45, 2.75) is 6.92 Å². The highest BCUT2D eigenvalue weighted by Gasteiger charge is 2.17. The maximum atomic E-state index is 5.61. The predicted molar refractivity (Wildman–Crippen MR) is 98.6 cm³/mol. The molecule has 0 aliphatic rings. The zero-order chi connectivity index (χ0) is 16.3. The molecule has 24 heavy (non-hydrogen) atoms. The third-order valence-electron chi connectivity index (χ3n) is 4.01. The number of nitrogens with zero attached hydrogens (tertiary/aromatic N) is 5. The predicted octanol–water partition coefficient (Wildman–Crippen LogP) is 4.32. The van der Waals surface area contributed by atoms with Gasteiger partial charge in [0.25, 0.3) is 0 Å². The Hall–Kier alpha value is -2.64. The molecule has 0 unspecified atom stereocenters. The van der Waals surface area contributed by atoms with Crippen LogP contribution in [0, 0.1) is 10.9 Å². The molecule has 0 aliphatic heterocycles. The molecule has 0 fully saturated rings. The average Bonchev–Trinajstić information content (AvgIpc) is 3.14. The Morgan fingerprint density at radius 2 is 1.79 bits per heavy atom. The maximum absolute atomic E-state index is 5.61. The lowest BCUT2D eigenvalue weighted by Crippen LogP contribution is -2.01. The van der Waals surface area contributed by atoms with Crippen molar-refractivity contribution in [2.24, 2.45) is 0 Å². The minimum absolute atomic E-state index is 0.760. The van der Waals surface area contributed by atoms with E-state index >= 15 is 0 Å². The van der Waals surface area contributed by atoms with E-state index in [0.29, 0.717) is 0 Å². The van der Waals surface area contributed by atoms with Crippen LogP contribution in [0.25, 0.3) is 32.8 Å². The third kappa shape index (κ3) is 1.79. The number of thiazole rings is 1. The van der Waals surface area contributed by atoms with Crippen LogP contribution in [-0.4, -0.2) is 23.9 Å². The maximum Gasteiger partial charge on any atom is 0.168 e. The number of para-hydroxylation sites is 1. The molecule has 1 aromatic carbocycles. The van der Waals surface area contributed by atoms with Crippen molar-refractivity contribution in [3.8, 4) is 5.69 Å². The third-order valence-corrected chi connectivity index (χ3v) is 5.37. The molecule has 0 radical (unpaired) electrons. The first-order valence-corrected chi connectivity index (χ1v) is 8.67. The van der Waals surface area contributed by atoms with Crippen LogP contribution in [0.5, 0.6) is 0 Å². The van der Waals surface area contributed by atoms with Gasteiger partial charge in [0, 0.05) is 11.9 Å². The van der Waals surface area contributed by atoms with Crippen LogP contribution in [0.1, 0.15) is 5.82 Å². The van der Waals surface area contributed by atoms with E-state index in [9.17, 15) is 0 Å². The van der Waals surface area contributed by atoms with E-state index < -0.39 is 0 Å². The Morgan fingerprint density at radius 1 is 0.958 bits per heavy atom. The number of benzene rings is 1. The molecule has 0 spiro atoms. The zero-order valence-electron chi connectivity index (χ0n) is 12.7. The van der Waals surface area contributed by atoms with Crippen LogP contribution in [-0.2, 0) is 0 Å². The number of aryl methyl sites for hydroxylation is 1. The van der Waals surface area contributed by atoms with E-state index in [0.717, 1.165) is 42.6 Å².